The van der Waals surface area contributed by atoms with Crippen LogP contribution in [0.15, 0.2) is 65.7 Å². The molecule has 7 heteroatoms. The molecule has 4 rings (SSSR count). The average molecular weight is 390 g/mol. The van der Waals surface area contributed by atoms with Gasteiger partial charge in [-0.05, 0) is 48.5 Å². The van der Waals surface area contributed by atoms with E-state index in [2.05, 4.69) is 9.98 Å². The summed E-state index contributed by atoms with van der Waals surface area (Å²) in [5.41, 5.74) is 2.28. The summed E-state index contributed by atoms with van der Waals surface area (Å²) in [6.45, 7) is 0. The Kier molecular flexibility index (Phi) is 4.50. The fraction of sp³-hybridized carbons (Fsp3) is 0. The molecule has 4 aromatic rings. The quantitative estimate of drug-likeness (QED) is 0.433. The minimum absolute atomic E-state index is 0.0557. The standard InChI is InChI=1S/C21H14N2O4S/c24-17-7-5-12(21(26)27)9-13(17)11-22-14-6-8-18(25)15(10-14)20-23-16-3-1-2-4-19(16)28-20/h1-11,24-25H,(H,26,27). The second-order valence-corrected chi connectivity index (χ2v) is 7.06. The summed E-state index contributed by atoms with van der Waals surface area (Å²) in [5.74, 6) is -1.06. The summed E-state index contributed by atoms with van der Waals surface area (Å²) in [7, 11) is 0. The number of thiazole rings is 1. The van der Waals surface area contributed by atoms with E-state index in [1.165, 1.54) is 41.8 Å². The number of fused-ring (bicyclic) bond motifs is 1. The maximum Gasteiger partial charge on any atom is 0.335 e. The zero-order valence-electron chi connectivity index (χ0n) is 14.4. The summed E-state index contributed by atoms with van der Waals surface area (Å²) in [4.78, 5) is 19.9. The van der Waals surface area contributed by atoms with Crippen molar-refractivity contribution in [1.29, 1.82) is 0 Å². The lowest BCUT2D eigenvalue weighted by atomic mass is 10.1. The van der Waals surface area contributed by atoms with E-state index in [0.717, 1.165) is 10.2 Å². The zero-order chi connectivity index (χ0) is 19.7. The van der Waals surface area contributed by atoms with Gasteiger partial charge in [-0.3, -0.25) is 4.99 Å². The Balaban J connectivity index is 1.70. The van der Waals surface area contributed by atoms with Crippen LogP contribution in [0.1, 0.15) is 15.9 Å². The Morgan fingerprint density at radius 3 is 2.57 bits per heavy atom. The van der Waals surface area contributed by atoms with Gasteiger partial charge < -0.3 is 15.3 Å². The van der Waals surface area contributed by atoms with E-state index in [9.17, 15) is 15.0 Å². The van der Waals surface area contributed by atoms with Crippen molar-refractivity contribution in [2.75, 3.05) is 0 Å². The molecule has 0 aliphatic rings. The van der Waals surface area contributed by atoms with Crippen LogP contribution in [-0.2, 0) is 0 Å². The molecule has 0 fully saturated rings. The number of aromatic hydroxyl groups is 2. The van der Waals surface area contributed by atoms with Crippen LogP contribution in [0, 0.1) is 0 Å². The fourth-order valence-electron chi connectivity index (χ4n) is 2.70. The minimum atomic E-state index is -1.09. The van der Waals surface area contributed by atoms with Gasteiger partial charge in [0.15, 0.2) is 0 Å². The summed E-state index contributed by atoms with van der Waals surface area (Å²) >= 11 is 1.47. The second-order valence-electron chi connectivity index (χ2n) is 6.03. The number of aromatic carboxylic acids is 1. The second kappa shape index (κ2) is 7.13. The highest BCUT2D eigenvalue weighted by Gasteiger charge is 2.11. The molecule has 0 aliphatic heterocycles. The number of phenols is 2. The Morgan fingerprint density at radius 2 is 1.79 bits per heavy atom. The molecule has 0 unspecified atom stereocenters. The normalized spacial score (nSPS) is 11.3. The first-order valence-electron chi connectivity index (χ1n) is 8.30. The van der Waals surface area contributed by atoms with Gasteiger partial charge in [-0.1, -0.05) is 12.1 Å². The van der Waals surface area contributed by atoms with Gasteiger partial charge >= 0.3 is 5.97 Å². The Hall–Kier alpha value is -3.71. The van der Waals surface area contributed by atoms with Crippen LogP contribution in [-0.4, -0.2) is 32.5 Å². The predicted molar refractivity (Wildman–Crippen MR) is 109 cm³/mol. The van der Waals surface area contributed by atoms with Crippen molar-refractivity contribution >= 4 is 39.4 Å². The number of aliphatic imine (C=N–C) groups is 1. The van der Waals surface area contributed by atoms with Crippen LogP contribution in [0.5, 0.6) is 11.5 Å². The highest BCUT2D eigenvalue weighted by atomic mass is 32.1. The maximum absolute atomic E-state index is 11.1. The summed E-state index contributed by atoms with van der Waals surface area (Å²) in [5, 5.41) is 29.9. The number of carboxylic acid groups (broad SMARTS) is 1. The van der Waals surface area contributed by atoms with Crippen molar-refractivity contribution in [3.8, 4) is 22.1 Å². The molecule has 6 nitrogen and oxygen atoms in total. The van der Waals surface area contributed by atoms with E-state index in [1.807, 2.05) is 24.3 Å². The van der Waals surface area contributed by atoms with Crippen LogP contribution in [0.25, 0.3) is 20.8 Å². The first kappa shape index (κ1) is 17.7. The molecular formula is C21H14N2O4S. The van der Waals surface area contributed by atoms with Gasteiger partial charge in [0.05, 0.1) is 27.0 Å². The highest BCUT2D eigenvalue weighted by molar-refractivity contribution is 7.21. The van der Waals surface area contributed by atoms with E-state index >= 15 is 0 Å². The first-order chi connectivity index (χ1) is 13.5. The topological polar surface area (TPSA) is 103 Å². The lowest BCUT2D eigenvalue weighted by Crippen LogP contribution is -1.97. The predicted octanol–water partition coefficient (Wildman–Crippen LogP) is 4.82. The highest BCUT2D eigenvalue weighted by Crippen LogP contribution is 2.37. The fourth-order valence-corrected chi connectivity index (χ4v) is 3.69. The Labute approximate surface area is 163 Å². The average Bonchev–Trinajstić information content (AvgIpc) is 3.12. The molecule has 0 saturated heterocycles. The van der Waals surface area contributed by atoms with Crippen LogP contribution < -0.4 is 0 Å². The molecule has 28 heavy (non-hydrogen) atoms. The number of rotatable bonds is 4. The van der Waals surface area contributed by atoms with E-state index in [4.69, 9.17) is 5.11 Å². The number of hydrogen-bond acceptors (Lipinski definition) is 6. The van der Waals surface area contributed by atoms with Crippen LogP contribution >= 0.6 is 11.3 Å². The number of carbonyl (C=O) groups is 1. The van der Waals surface area contributed by atoms with E-state index in [-0.39, 0.29) is 22.6 Å². The third kappa shape index (κ3) is 3.43. The van der Waals surface area contributed by atoms with Crippen LogP contribution in [0.3, 0.4) is 0 Å². The number of hydrogen-bond donors (Lipinski definition) is 3. The first-order valence-corrected chi connectivity index (χ1v) is 9.12. The molecule has 0 saturated carbocycles. The minimum Gasteiger partial charge on any atom is -0.507 e. The number of nitrogens with zero attached hydrogens (tertiary/aromatic N) is 2. The Morgan fingerprint density at radius 1 is 1.00 bits per heavy atom. The smallest absolute Gasteiger partial charge is 0.335 e. The van der Waals surface area contributed by atoms with Gasteiger partial charge in [0.25, 0.3) is 0 Å². The molecule has 0 bridgehead atoms. The van der Waals surface area contributed by atoms with Gasteiger partial charge in [0.2, 0.25) is 0 Å². The number of aromatic nitrogens is 1. The number of para-hydroxylation sites is 1. The number of carboxylic acids is 1. The molecule has 0 aliphatic carbocycles. The summed E-state index contributed by atoms with van der Waals surface area (Å²) in [6, 6.07) is 16.5. The monoisotopic (exact) mass is 390 g/mol. The number of phenolic OH excluding ortho intramolecular Hbond substituents is 2. The van der Waals surface area contributed by atoms with Crippen molar-refractivity contribution in [3.63, 3.8) is 0 Å². The van der Waals surface area contributed by atoms with Crippen LogP contribution in [0.2, 0.25) is 0 Å². The van der Waals surface area contributed by atoms with Gasteiger partial charge in [-0.25, -0.2) is 9.78 Å². The van der Waals surface area contributed by atoms with Crippen molar-refractivity contribution in [3.05, 3.63) is 71.8 Å². The van der Waals surface area contributed by atoms with Gasteiger partial charge in [-0.2, -0.15) is 0 Å². The molecular weight excluding hydrogens is 376 g/mol. The molecule has 3 aromatic carbocycles. The van der Waals surface area contributed by atoms with Crippen molar-refractivity contribution < 1.29 is 20.1 Å². The maximum atomic E-state index is 11.1. The SMILES string of the molecule is O=C(O)c1ccc(O)c(C=Nc2ccc(O)c(-c3nc4ccccc4s3)c2)c1. The molecule has 0 amide bonds. The molecule has 138 valence electrons. The zero-order valence-corrected chi connectivity index (χ0v) is 15.2. The lowest BCUT2D eigenvalue weighted by Gasteiger charge is -2.03. The van der Waals surface area contributed by atoms with Crippen molar-refractivity contribution in [2.45, 2.75) is 0 Å². The molecule has 0 radical (unpaired) electrons. The van der Waals surface area contributed by atoms with E-state index in [1.54, 1.807) is 12.1 Å². The molecule has 1 aromatic heterocycles. The van der Waals surface area contributed by atoms with Crippen molar-refractivity contribution in [1.82, 2.24) is 4.98 Å². The summed E-state index contributed by atoms with van der Waals surface area (Å²) in [6.07, 6.45) is 1.39. The van der Waals surface area contributed by atoms with E-state index < -0.39 is 5.97 Å². The third-order valence-electron chi connectivity index (χ3n) is 4.13. The Bertz CT molecular complexity index is 1200. The largest absolute Gasteiger partial charge is 0.507 e. The molecule has 1 heterocycles. The molecule has 0 atom stereocenters. The molecule has 3 N–H and O–H groups in total. The van der Waals surface area contributed by atoms with Crippen molar-refractivity contribution in [2.24, 2.45) is 4.99 Å². The number of benzene rings is 3. The van der Waals surface area contributed by atoms with Gasteiger partial charge in [0, 0.05) is 11.8 Å². The third-order valence-corrected chi connectivity index (χ3v) is 5.20. The van der Waals surface area contributed by atoms with Gasteiger partial charge in [-0.15, -0.1) is 11.3 Å². The molecule has 0 spiro atoms. The van der Waals surface area contributed by atoms with E-state index in [0.29, 0.717) is 16.3 Å². The lowest BCUT2D eigenvalue weighted by molar-refractivity contribution is 0.0697. The van der Waals surface area contributed by atoms with Gasteiger partial charge in [0.1, 0.15) is 16.5 Å². The van der Waals surface area contributed by atoms with Crippen LogP contribution in [0.4, 0.5) is 5.69 Å². The summed E-state index contributed by atoms with van der Waals surface area (Å²) < 4.78 is 1.02.